The van der Waals surface area contributed by atoms with Crippen molar-refractivity contribution in [3.8, 4) is 0 Å². The second-order valence-corrected chi connectivity index (χ2v) is 5.12. The van der Waals surface area contributed by atoms with Gasteiger partial charge in [-0.1, -0.05) is 25.8 Å². The van der Waals surface area contributed by atoms with Crippen LogP contribution in [0.1, 0.15) is 51.9 Å². The van der Waals surface area contributed by atoms with Crippen LogP contribution in [0.25, 0.3) is 0 Å². The fraction of sp³-hybridized carbons (Fsp3) is 0.846. The maximum atomic E-state index is 10.7. The highest BCUT2D eigenvalue weighted by atomic mass is 16.3. The first-order valence-corrected chi connectivity index (χ1v) is 6.02. The lowest BCUT2D eigenvalue weighted by Crippen LogP contribution is -2.48. The van der Waals surface area contributed by atoms with Gasteiger partial charge in [0.1, 0.15) is 0 Å². The first-order chi connectivity index (χ1) is 7.08. The molecule has 1 saturated carbocycles. The summed E-state index contributed by atoms with van der Waals surface area (Å²) in [6.07, 6.45) is 8.44. The number of hydrogen-bond donors (Lipinski definition) is 2. The molecule has 2 N–H and O–H groups in total. The summed E-state index contributed by atoms with van der Waals surface area (Å²) in [6, 6.07) is 0. The Balaban J connectivity index is 2.74. The minimum absolute atomic E-state index is 0.0395. The summed E-state index contributed by atoms with van der Waals surface area (Å²) in [5.41, 5.74) is -0.635. The zero-order valence-electron chi connectivity index (χ0n) is 9.84. The average Bonchev–Trinajstić information content (AvgIpc) is 2.21. The van der Waals surface area contributed by atoms with Crippen LogP contribution in [-0.2, 0) is 0 Å². The quantitative estimate of drug-likeness (QED) is 0.688. The van der Waals surface area contributed by atoms with Crippen LogP contribution in [0.2, 0.25) is 0 Å². The van der Waals surface area contributed by atoms with Crippen molar-refractivity contribution in [2.75, 3.05) is 6.61 Å². The minimum atomic E-state index is -0.595. The molecule has 2 heteroatoms. The standard InChI is InChI=1S/C13H24O2/c1-3-7-13(15)10-5-4-8-12(13,2)9-6-11-14/h3,14-15H,1,4-11H2,2H3/t12-,13-/m1/s1. The topological polar surface area (TPSA) is 40.5 Å². The summed E-state index contributed by atoms with van der Waals surface area (Å²) < 4.78 is 0. The van der Waals surface area contributed by atoms with Crippen LogP contribution in [0.3, 0.4) is 0 Å². The SMILES string of the molecule is C=CC[C@@]1(O)CCCC[C@]1(C)CCCO. The molecule has 0 aliphatic heterocycles. The summed E-state index contributed by atoms with van der Waals surface area (Å²) >= 11 is 0. The highest BCUT2D eigenvalue weighted by molar-refractivity contribution is 5.01. The summed E-state index contributed by atoms with van der Waals surface area (Å²) in [7, 11) is 0. The fourth-order valence-corrected chi connectivity index (χ4v) is 2.88. The predicted molar refractivity (Wildman–Crippen MR) is 62.7 cm³/mol. The van der Waals surface area contributed by atoms with Crippen LogP contribution < -0.4 is 0 Å². The highest BCUT2D eigenvalue weighted by Gasteiger charge is 2.46. The second kappa shape index (κ2) is 5.13. The zero-order chi connectivity index (χ0) is 11.4. The van der Waals surface area contributed by atoms with Crippen LogP contribution in [0, 0.1) is 5.41 Å². The van der Waals surface area contributed by atoms with Crippen molar-refractivity contribution in [3.63, 3.8) is 0 Å². The Labute approximate surface area is 93.0 Å². The lowest BCUT2D eigenvalue weighted by molar-refractivity contribution is -0.109. The molecule has 1 aliphatic rings. The average molecular weight is 212 g/mol. The van der Waals surface area contributed by atoms with E-state index in [1.165, 1.54) is 6.42 Å². The van der Waals surface area contributed by atoms with Crippen molar-refractivity contribution in [1.29, 1.82) is 0 Å². The molecule has 0 heterocycles. The molecule has 0 aromatic rings. The van der Waals surface area contributed by atoms with E-state index in [2.05, 4.69) is 13.5 Å². The Hall–Kier alpha value is -0.340. The van der Waals surface area contributed by atoms with Crippen LogP contribution in [0.4, 0.5) is 0 Å². The number of aliphatic hydroxyl groups excluding tert-OH is 1. The largest absolute Gasteiger partial charge is 0.396 e. The van der Waals surface area contributed by atoms with Gasteiger partial charge in [-0.25, -0.2) is 0 Å². The molecule has 0 unspecified atom stereocenters. The van der Waals surface area contributed by atoms with Crippen molar-refractivity contribution in [2.45, 2.75) is 57.5 Å². The lowest BCUT2D eigenvalue weighted by atomic mass is 9.61. The molecule has 0 spiro atoms. The van der Waals surface area contributed by atoms with Crippen molar-refractivity contribution in [1.82, 2.24) is 0 Å². The molecule has 2 nitrogen and oxygen atoms in total. The molecule has 1 rings (SSSR count). The van der Waals surface area contributed by atoms with E-state index in [1.807, 2.05) is 6.08 Å². The summed E-state index contributed by atoms with van der Waals surface area (Å²) in [5, 5.41) is 19.6. The predicted octanol–water partition coefficient (Wildman–Crippen LogP) is 2.65. The van der Waals surface area contributed by atoms with E-state index in [0.717, 1.165) is 32.1 Å². The molecule has 0 radical (unpaired) electrons. The van der Waals surface area contributed by atoms with E-state index in [-0.39, 0.29) is 12.0 Å². The van der Waals surface area contributed by atoms with Crippen molar-refractivity contribution < 1.29 is 10.2 Å². The molecule has 0 aromatic heterocycles. The van der Waals surface area contributed by atoms with Gasteiger partial charge in [0.25, 0.3) is 0 Å². The summed E-state index contributed by atoms with van der Waals surface area (Å²) in [4.78, 5) is 0. The van der Waals surface area contributed by atoms with E-state index in [0.29, 0.717) is 6.42 Å². The second-order valence-electron chi connectivity index (χ2n) is 5.12. The molecule has 88 valence electrons. The third-order valence-electron chi connectivity index (χ3n) is 4.06. The molecule has 1 aliphatic carbocycles. The molecule has 15 heavy (non-hydrogen) atoms. The van der Waals surface area contributed by atoms with Crippen LogP contribution in [0.15, 0.2) is 12.7 Å². The summed E-state index contributed by atoms with van der Waals surface area (Å²) in [5.74, 6) is 0. The van der Waals surface area contributed by atoms with Gasteiger partial charge in [-0.05, 0) is 37.5 Å². The summed E-state index contributed by atoms with van der Waals surface area (Å²) in [6.45, 7) is 6.12. The third-order valence-corrected chi connectivity index (χ3v) is 4.06. The van der Waals surface area contributed by atoms with E-state index >= 15 is 0 Å². The first kappa shape index (κ1) is 12.7. The molecule has 0 bridgehead atoms. The van der Waals surface area contributed by atoms with Gasteiger partial charge in [-0.15, -0.1) is 6.58 Å². The van der Waals surface area contributed by atoms with Gasteiger partial charge in [-0.2, -0.15) is 0 Å². The molecule has 0 aromatic carbocycles. The van der Waals surface area contributed by atoms with Gasteiger partial charge in [0, 0.05) is 6.61 Å². The molecule has 1 fully saturated rings. The minimum Gasteiger partial charge on any atom is -0.396 e. The van der Waals surface area contributed by atoms with Gasteiger partial charge in [0.05, 0.1) is 5.60 Å². The van der Waals surface area contributed by atoms with Crippen LogP contribution >= 0.6 is 0 Å². The molecule has 0 saturated heterocycles. The zero-order valence-corrected chi connectivity index (χ0v) is 9.84. The molecule has 2 atom stereocenters. The first-order valence-electron chi connectivity index (χ1n) is 6.02. The Kier molecular flexibility index (Phi) is 4.35. The smallest absolute Gasteiger partial charge is 0.0735 e. The Morgan fingerprint density at radius 2 is 2.00 bits per heavy atom. The van der Waals surface area contributed by atoms with Crippen LogP contribution in [-0.4, -0.2) is 22.4 Å². The molecule has 0 amide bonds. The van der Waals surface area contributed by atoms with Gasteiger partial charge in [-0.3, -0.25) is 0 Å². The van der Waals surface area contributed by atoms with Crippen molar-refractivity contribution in [2.24, 2.45) is 5.41 Å². The van der Waals surface area contributed by atoms with Gasteiger partial charge in [0.2, 0.25) is 0 Å². The number of rotatable bonds is 5. The fourth-order valence-electron chi connectivity index (χ4n) is 2.88. The van der Waals surface area contributed by atoms with E-state index in [4.69, 9.17) is 5.11 Å². The maximum Gasteiger partial charge on any atom is 0.0735 e. The Morgan fingerprint density at radius 3 is 2.60 bits per heavy atom. The van der Waals surface area contributed by atoms with Gasteiger partial charge < -0.3 is 10.2 Å². The highest BCUT2D eigenvalue weighted by Crippen LogP contribution is 2.49. The van der Waals surface area contributed by atoms with Gasteiger partial charge >= 0.3 is 0 Å². The Morgan fingerprint density at radius 1 is 1.33 bits per heavy atom. The molecular formula is C13H24O2. The maximum absolute atomic E-state index is 10.7. The number of aliphatic hydroxyl groups is 2. The molecular weight excluding hydrogens is 188 g/mol. The number of hydrogen-bond acceptors (Lipinski definition) is 2. The van der Waals surface area contributed by atoms with E-state index in [1.54, 1.807) is 0 Å². The van der Waals surface area contributed by atoms with Crippen molar-refractivity contribution >= 4 is 0 Å². The lowest BCUT2D eigenvalue weighted by Gasteiger charge is -2.48. The monoisotopic (exact) mass is 212 g/mol. The third kappa shape index (κ3) is 2.61. The normalized spacial score (nSPS) is 36.5. The van der Waals surface area contributed by atoms with E-state index in [9.17, 15) is 5.11 Å². The van der Waals surface area contributed by atoms with Crippen LogP contribution in [0.5, 0.6) is 0 Å². The van der Waals surface area contributed by atoms with E-state index < -0.39 is 5.60 Å². The Bertz CT molecular complexity index is 215. The van der Waals surface area contributed by atoms with Crippen molar-refractivity contribution in [3.05, 3.63) is 12.7 Å². The van der Waals surface area contributed by atoms with Gasteiger partial charge in [0.15, 0.2) is 0 Å².